The molecule has 0 fully saturated rings. The molecule has 92 valence electrons. The van der Waals surface area contributed by atoms with Crippen molar-refractivity contribution in [3.05, 3.63) is 24.3 Å². The Morgan fingerprint density at radius 3 is 2.82 bits per heavy atom. The molecule has 1 atom stereocenters. The second kappa shape index (κ2) is 5.61. The molecule has 1 aliphatic heterocycles. The van der Waals surface area contributed by atoms with E-state index in [1.165, 1.54) is 12.8 Å². The molecule has 0 aromatic heterocycles. The van der Waals surface area contributed by atoms with E-state index in [1.54, 1.807) is 6.92 Å². The van der Waals surface area contributed by atoms with Gasteiger partial charge in [0.1, 0.15) is 8.07 Å². The lowest BCUT2D eigenvalue weighted by Crippen LogP contribution is -2.22. The Morgan fingerprint density at radius 2 is 2.12 bits per heavy atom. The Morgan fingerprint density at radius 1 is 1.35 bits per heavy atom. The first kappa shape index (κ1) is 12.5. The van der Waals surface area contributed by atoms with Crippen molar-refractivity contribution in [2.24, 2.45) is 0 Å². The summed E-state index contributed by atoms with van der Waals surface area (Å²) in [6.45, 7) is 4.67. The van der Waals surface area contributed by atoms with E-state index in [1.807, 2.05) is 29.1 Å². The van der Waals surface area contributed by atoms with Crippen molar-refractivity contribution in [2.45, 2.75) is 33.1 Å². The highest BCUT2D eigenvalue weighted by atomic mass is 31.1. The highest BCUT2D eigenvalue weighted by Gasteiger charge is 2.35. The van der Waals surface area contributed by atoms with Crippen molar-refractivity contribution in [1.82, 2.24) is 4.83 Å². The topological polar surface area (TPSA) is 29.5 Å². The number of hydrogen-bond acceptors (Lipinski definition) is 3. The number of fused-ring (bicyclic) bond motifs is 1. The van der Waals surface area contributed by atoms with Gasteiger partial charge in [0.05, 0.1) is 0 Å². The number of hydrogen-bond donors (Lipinski definition) is 0. The number of unbranched alkanes of at least 4 members (excludes halogenated alkanes) is 2. The molecule has 1 unspecified atom stereocenters. The number of rotatable bonds is 5. The number of para-hydroxylation sites is 1. The fourth-order valence-corrected chi connectivity index (χ4v) is 3.91. The van der Waals surface area contributed by atoms with Gasteiger partial charge in [0, 0.05) is 18.8 Å². The van der Waals surface area contributed by atoms with Crippen LogP contribution in [0.25, 0.3) is 0 Å². The molecule has 1 aromatic carbocycles. The van der Waals surface area contributed by atoms with E-state index in [4.69, 9.17) is 4.84 Å². The predicted molar refractivity (Wildman–Crippen MR) is 70.5 cm³/mol. The van der Waals surface area contributed by atoms with Gasteiger partial charge in [-0.2, -0.15) is 0 Å². The van der Waals surface area contributed by atoms with Crippen LogP contribution in [0.2, 0.25) is 0 Å². The largest absolute Gasteiger partial charge is 0.401 e. The Hall–Kier alpha value is -0.920. The Bertz CT molecular complexity index is 408. The molecule has 0 amide bonds. The van der Waals surface area contributed by atoms with Crippen molar-refractivity contribution >= 4 is 18.9 Å². The third-order valence-corrected chi connectivity index (χ3v) is 4.92. The van der Waals surface area contributed by atoms with Gasteiger partial charge in [-0.15, -0.1) is 4.83 Å². The third kappa shape index (κ3) is 2.67. The summed E-state index contributed by atoms with van der Waals surface area (Å²) in [6.07, 6.45) is 3.44. The lowest BCUT2D eigenvalue weighted by atomic mass is 10.3. The number of nitrogens with zero attached hydrogens (tertiary/aromatic N) is 1. The molecule has 3 nitrogen and oxygen atoms in total. The standard InChI is InChI=1S/C13H18NO2P/c1-3-4-7-10-14-16-12-8-5-6-9-13(12)17(14)11(2)15/h5-6,8-9H,3-4,7,10H2,1-2H3. The first-order valence-electron chi connectivity index (χ1n) is 6.09. The SMILES string of the molecule is CCCCCN1Oc2ccccc2P1C(C)=O. The van der Waals surface area contributed by atoms with E-state index in [0.717, 1.165) is 24.0 Å². The molecule has 0 radical (unpaired) electrons. The van der Waals surface area contributed by atoms with Crippen molar-refractivity contribution in [1.29, 1.82) is 0 Å². The monoisotopic (exact) mass is 251 g/mol. The van der Waals surface area contributed by atoms with Gasteiger partial charge < -0.3 is 4.84 Å². The third-order valence-electron chi connectivity index (χ3n) is 2.77. The highest BCUT2D eigenvalue weighted by Crippen LogP contribution is 2.48. The summed E-state index contributed by atoms with van der Waals surface area (Å²) in [6, 6.07) is 7.85. The molecule has 0 N–H and O–H groups in total. The molecule has 1 aliphatic rings. The lowest BCUT2D eigenvalue weighted by Gasteiger charge is -2.19. The zero-order chi connectivity index (χ0) is 12.3. The molecular formula is C13H18NO2P. The van der Waals surface area contributed by atoms with Crippen molar-refractivity contribution in [3.63, 3.8) is 0 Å². The number of carbonyl (C=O) groups is 1. The van der Waals surface area contributed by atoms with Gasteiger partial charge in [-0.1, -0.05) is 31.9 Å². The minimum atomic E-state index is -0.928. The van der Waals surface area contributed by atoms with Crippen molar-refractivity contribution in [2.75, 3.05) is 6.54 Å². The Kier molecular flexibility index (Phi) is 4.14. The summed E-state index contributed by atoms with van der Waals surface area (Å²) in [4.78, 5) is 19.4. The van der Waals surface area contributed by atoms with Gasteiger partial charge in [-0.3, -0.25) is 4.79 Å². The van der Waals surface area contributed by atoms with Crippen molar-refractivity contribution in [3.8, 4) is 5.75 Å². The maximum absolute atomic E-state index is 11.8. The first-order valence-corrected chi connectivity index (χ1v) is 7.38. The van der Waals surface area contributed by atoms with Crippen LogP contribution in [-0.2, 0) is 4.79 Å². The molecule has 4 heteroatoms. The minimum Gasteiger partial charge on any atom is -0.401 e. The summed E-state index contributed by atoms with van der Waals surface area (Å²) < 4.78 is 0. The average Bonchev–Trinajstić information content (AvgIpc) is 2.67. The second-order valence-electron chi connectivity index (χ2n) is 4.17. The quantitative estimate of drug-likeness (QED) is 0.595. The van der Waals surface area contributed by atoms with Gasteiger partial charge in [0.25, 0.3) is 0 Å². The number of hydroxylamine groups is 1. The fourth-order valence-electron chi connectivity index (χ4n) is 1.95. The van der Waals surface area contributed by atoms with Crippen LogP contribution in [0, 0.1) is 0 Å². The van der Waals surface area contributed by atoms with Crippen LogP contribution in [-0.4, -0.2) is 16.9 Å². The van der Waals surface area contributed by atoms with E-state index in [2.05, 4.69) is 6.92 Å². The Labute approximate surface area is 104 Å². The minimum absolute atomic E-state index is 0.210. The van der Waals surface area contributed by atoms with Gasteiger partial charge in [0.15, 0.2) is 11.3 Å². The zero-order valence-electron chi connectivity index (χ0n) is 10.3. The first-order chi connectivity index (χ1) is 8.24. The number of benzene rings is 1. The average molecular weight is 251 g/mol. The summed E-state index contributed by atoms with van der Waals surface area (Å²) in [5, 5.41) is 1.06. The molecule has 2 rings (SSSR count). The lowest BCUT2D eigenvalue weighted by molar-refractivity contribution is -0.110. The summed E-state index contributed by atoms with van der Waals surface area (Å²) in [5.41, 5.74) is 0.210. The molecule has 1 aromatic rings. The summed E-state index contributed by atoms with van der Waals surface area (Å²) in [5.74, 6) is 0.852. The maximum Gasteiger partial charge on any atom is 0.174 e. The second-order valence-corrected chi connectivity index (χ2v) is 6.35. The molecule has 0 bridgehead atoms. The number of carbonyl (C=O) groups excluding carboxylic acids is 1. The van der Waals surface area contributed by atoms with Gasteiger partial charge in [-0.05, 0) is 18.6 Å². The highest BCUT2D eigenvalue weighted by molar-refractivity contribution is 7.79. The molecule has 1 heterocycles. The summed E-state index contributed by atoms with van der Waals surface area (Å²) >= 11 is 0. The van der Waals surface area contributed by atoms with Crippen LogP contribution in [0.15, 0.2) is 24.3 Å². The predicted octanol–water partition coefficient (Wildman–Crippen LogP) is 3.05. The van der Waals surface area contributed by atoms with Crippen molar-refractivity contribution < 1.29 is 9.63 Å². The molecular weight excluding hydrogens is 233 g/mol. The van der Waals surface area contributed by atoms with Gasteiger partial charge in [-0.25, -0.2) is 0 Å². The van der Waals surface area contributed by atoms with Gasteiger partial charge >= 0.3 is 0 Å². The maximum atomic E-state index is 11.8. The van der Waals surface area contributed by atoms with Crippen LogP contribution < -0.4 is 10.1 Å². The van der Waals surface area contributed by atoms with E-state index < -0.39 is 8.07 Å². The summed E-state index contributed by atoms with van der Waals surface area (Å²) in [7, 11) is -0.928. The molecule has 0 saturated heterocycles. The normalized spacial score (nSPS) is 18.8. The van der Waals surface area contributed by atoms with E-state index in [-0.39, 0.29) is 5.52 Å². The fraction of sp³-hybridized carbons (Fsp3) is 0.462. The Balaban J connectivity index is 2.12. The molecule has 0 spiro atoms. The van der Waals surface area contributed by atoms with Crippen LogP contribution in [0.1, 0.15) is 33.1 Å². The van der Waals surface area contributed by atoms with Crippen LogP contribution >= 0.6 is 8.07 Å². The van der Waals surface area contributed by atoms with Crippen LogP contribution in [0.5, 0.6) is 5.75 Å². The molecule has 0 saturated carbocycles. The smallest absolute Gasteiger partial charge is 0.174 e. The van der Waals surface area contributed by atoms with E-state index in [0.29, 0.717) is 0 Å². The molecule has 17 heavy (non-hydrogen) atoms. The zero-order valence-corrected chi connectivity index (χ0v) is 11.2. The van der Waals surface area contributed by atoms with Gasteiger partial charge in [0.2, 0.25) is 0 Å². The van der Waals surface area contributed by atoms with Crippen LogP contribution in [0.3, 0.4) is 0 Å². The van der Waals surface area contributed by atoms with E-state index >= 15 is 0 Å². The van der Waals surface area contributed by atoms with Crippen LogP contribution in [0.4, 0.5) is 0 Å². The molecule has 0 aliphatic carbocycles. The van der Waals surface area contributed by atoms with E-state index in [9.17, 15) is 4.79 Å².